The minimum atomic E-state index is 0.318. The number of pyridine rings is 2. The van der Waals surface area contributed by atoms with Gasteiger partial charge in [-0.2, -0.15) is 0 Å². The molecule has 0 aliphatic heterocycles. The Bertz CT molecular complexity index is 1260. The summed E-state index contributed by atoms with van der Waals surface area (Å²) >= 11 is 0. The molecular formula is C26H34N6O. The highest BCUT2D eigenvalue weighted by Gasteiger charge is 2.22. The van der Waals surface area contributed by atoms with E-state index in [-0.39, 0.29) is 0 Å². The summed E-state index contributed by atoms with van der Waals surface area (Å²) in [5.41, 5.74) is 8.49. The number of aryl methyl sites for hydroxylation is 3. The molecule has 0 fully saturated rings. The molecule has 0 aliphatic carbocycles. The van der Waals surface area contributed by atoms with Crippen molar-refractivity contribution < 1.29 is 4.74 Å². The van der Waals surface area contributed by atoms with Crippen LogP contribution in [0.3, 0.4) is 0 Å². The normalized spacial score (nSPS) is 11.5. The van der Waals surface area contributed by atoms with Crippen LogP contribution in [0.5, 0.6) is 5.88 Å². The van der Waals surface area contributed by atoms with E-state index in [2.05, 4.69) is 59.8 Å². The summed E-state index contributed by atoms with van der Waals surface area (Å²) in [6.45, 7) is 14.0. The standard InChI is InChI=1S/C26H34N6O/c1-8-23-17(5)24-25(32(23)16(3)4)22(28-14-19-15-31(7)18(6)29-19)13-21(30-24)20-11-10-12-27-26(20)33-9-2/h10-13,15-16H,8-9,14H2,1-7H3,(H,28,30). The maximum atomic E-state index is 5.82. The largest absolute Gasteiger partial charge is 0.477 e. The molecule has 7 heteroatoms. The molecule has 0 aliphatic rings. The Labute approximate surface area is 195 Å². The molecule has 33 heavy (non-hydrogen) atoms. The van der Waals surface area contributed by atoms with Crippen LogP contribution in [0.2, 0.25) is 0 Å². The number of nitrogens with zero attached hydrogens (tertiary/aromatic N) is 5. The molecule has 0 amide bonds. The second-order valence-electron chi connectivity index (χ2n) is 8.67. The maximum absolute atomic E-state index is 5.82. The average molecular weight is 447 g/mol. The Hall–Kier alpha value is -3.35. The van der Waals surface area contributed by atoms with Gasteiger partial charge in [-0.25, -0.2) is 15.0 Å². The number of rotatable bonds is 8. The summed E-state index contributed by atoms with van der Waals surface area (Å²) in [6.07, 6.45) is 4.77. The topological polar surface area (TPSA) is 69.8 Å². The van der Waals surface area contributed by atoms with Gasteiger partial charge in [0.25, 0.3) is 0 Å². The first-order chi connectivity index (χ1) is 15.8. The molecule has 0 radical (unpaired) electrons. The molecule has 4 aromatic rings. The SMILES string of the molecule is CCOc1ncccc1-c1cc(NCc2cn(C)c(C)n2)c2c(n1)c(C)c(CC)n2C(C)C. The Kier molecular flexibility index (Phi) is 6.40. The third kappa shape index (κ3) is 4.19. The first-order valence-electron chi connectivity index (χ1n) is 11.7. The van der Waals surface area contributed by atoms with Gasteiger partial charge in [0, 0.05) is 31.2 Å². The molecule has 4 rings (SSSR count). The molecule has 0 bridgehead atoms. The van der Waals surface area contributed by atoms with E-state index in [1.165, 1.54) is 11.3 Å². The first-order valence-corrected chi connectivity index (χ1v) is 11.7. The zero-order chi connectivity index (χ0) is 23.7. The van der Waals surface area contributed by atoms with Gasteiger partial charge in [0.05, 0.1) is 46.8 Å². The predicted octanol–water partition coefficient (Wildman–Crippen LogP) is 5.60. The number of imidazole rings is 1. The maximum Gasteiger partial charge on any atom is 0.222 e. The highest BCUT2D eigenvalue weighted by molar-refractivity contribution is 5.95. The number of hydrogen-bond acceptors (Lipinski definition) is 5. The average Bonchev–Trinajstić information content (AvgIpc) is 3.28. The van der Waals surface area contributed by atoms with Gasteiger partial charge in [-0.15, -0.1) is 0 Å². The fraction of sp³-hybridized carbons (Fsp3) is 0.423. The predicted molar refractivity (Wildman–Crippen MR) is 134 cm³/mol. The Morgan fingerprint density at radius 2 is 1.94 bits per heavy atom. The van der Waals surface area contributed by atoms with E-state index < -0.39 is 0 Å². The van der Waals surface area contributed by atoms with E-state index in [1.807, 2.05) is 37.6 Å². The quantitative estimate of drug-likeness (QED) is 0.381. The van der Waals surface area contributed by atoms with Crippen LogP contribution in [-0.2, 0) is 20.0 Å². The number of hydrogen-bond donors (Lipinski definition) is 1. The van der Waals surface area contributed by atoms with Gasteiger partial charge in [0.15, 0.2) is 0 Å². The van der Waals surface area contributed by atoms with Crippen molar-refractivity contribution in [3.8, 4) is 17.1 Å². The van der Waals surface area contributed by atoms with E-state index in [4.69, 9.17) is 9.72 Å². The van der Waals surface area contributed by atoms with E-state index in [1.54, 1.807) is 6.20 Å². The van der Waals surface area contributed by atoms with Crippen molar-refractivity contribution in [2.24, 2.45) is 7.05 Å². The van der Waals surface area contributed by atoms with Crippen LogP contribution < -0.4 is 10.1 Å². The lowest BCUT2D eigenvalue weighted by Crippen LogP contribution is -2.08. The van der Waals surface area contributed by atoms with Crippen molar-refractivity contribution in [3.63, 3.8) is 0 Å². The third-order valence-electron chi connectivity index (χ3n) is 6.11. The summed E-state index contributed by atoms with van der Waals surface area (Å²) in [5.74, 6) is 1.61. The van der Waals surface area contributed by atoms with Crippen LogP contribution in [0.15, 0.2) is 30.6 Å². The molecule has 7 nitrogen and oxygen atoms in total. The zero-order valence-corrected chi connectivity index (χ0v) is 20.7. The van der Waals surface area contributed by atoms with Crippen molar-refractivity contribution in [1.29, 1.82) is 0 Å². The fourth-order valence-corrected chi connectivity index (χ4v) is 4.52. The number of aromatic nitrogens is 5. The molecular weight excluding hydrogens is 412 g/mol. The summed E-state index contributed by atoms with van der Waals surface area (Å²) in [5, 5.41) is 3.67. The van der Waals surface area contributed by atoms with Gasteiger partial charge in [-0.3, -0.25) is 0 Å². The van der Waals surface area contributed by atoms with Crippen LogP contribution >= 0.6 is 0 Å². The van der Waals surface area contributed by atoms with E-state index >= 15 is 0 Å². The second kappa shape index (κ2) is 9.25. The van der Waals surface area contributed by atoms with Crippen LogP contribution in [0, 0.1) is 13.8 Å². The molecule has 0 saturated carbocycles. The Morgan fingerprint density at radius 3 is 2.58 bits per heavy atom. The van der Waals surface area contributed by atoms with Gasteiger partial charge in [-0.05, 0) is 64.8 Å². The van der Waals surface area contributed by atoms with Crippen LogP contribution in [0.1, 0.15) is 56.5 Å². The Morgan fingerprint density at radius 1 is 1.15 bits per heavy atom. The molecule has 1 N–H and O–H groups in total. The third-order valence-corrected chi connectivity index (χ3v) is 6.11. The molecule has 4 heterocycles. The fourth-order valence-electron chi connectivity index (χ4n) is 4.52. The zero-order valence-electron chi connectivity index (χ0n) is 20.7. The molecule has 0 atom stereocenters. The lowest BCUT2D eigenvalue weighted by Gasteiger charge is -2.18. The van der Waals surface area contributed by atoms with E-state index in [0.717, 1.165) is 45.9 Å². The minimum Gasteiger partial charge on any atom is -0.477 e. The molecule has 0 saturated heterocycles. The minimum absolute atomic E-state index is 0.318. The number of anilines is 1. The van der Waals surface area contributed by atoms with Crippen molar-refractivity contribution in [2.45, 2.75) is 60.5 Å². The van der Waals surface area contributed by atoms with Crippen molar-refractivity contribution >= 4 is 16.7 Å². The highest BCUT2D eigenvalue weighted by atomic mass is 16.5. The number of nitrogens with one attached hydrogen (secondary N) is 1. The van der Waals surface area contributed by atoms with Gasteiger partial charge in [0.1, 0.15) is 5.82 Å². The molecule has 174 valence electrons. The van der Waals surface area contributed by atoms with Gasteiger partial charge in [0.2, 0.25) is 5.88 Å². The molecule has 4 aromatic heterocycles. The van der Waals surface area contributed by atoms with E-state index in [9.17, 15) is 0 Å². The second-order valence-corrected chi connectivity index (χ2v) is 8.67. The highest BCUT2D eigenvalue weighted by Crippen LogP contribution is 2.37. The van der Waals surface area contributed by atoms with Crippen molar-refractivity contribution in [2.75, 3.05) is 11.9 Å². The van der Waals surface area contributed by atoms with Crippen LogP contribution in [-0.4, -0.2) is 30.7 Å². The monoisotopic (exact) mass is 446 g/mol. The lowest BCUT2D eigenvalue weighted by atomic mass is 10.1. The van der Waals surface area contributed by atoms with Gasteiger partial charge in [-0.1, -0.05) is 6.92 Å². The van der Waals surface area contributed by atoms with Crippen LogP contribution in [0.4, 0.5) is 5.69 Å². The lowest BCUT2D eigenvalue weighted by molar-refractivity contribution is 0.328. The van der Waals surface area contributed by atoms with Crippen LogP contribution in [0.25, 0.3) is 22.3 Å². The first kappa shape index (κ1) is 22.8. The smallest absolute Gasteiger partial charge is 0.222 e. The summed E-state index contributed by atoms with van der Waals surface area (Å²) in [4.78, 5) is 14.3. The summed E-state index contributed by atoms with van der Waals surface area (Å²) in [6, 6.07) is 6.39. The Balaban J connectivity index is 1.92. The summed E-state index contributed by atoms with van der Waals surface area (Å²) in [7, 11) is 2.02. The van der Waals surface area contributed by atoms with E-state index in [0.29, 0.717) is 25.1 Å². The number of fused-ring (bicyclic) bond motifs is 1. The number of ether oxygens (including phenoxy) is 1. The molecule has 0 spiro atoms. The molecule has 0 aromatic carbocycles. The van der Waals surface area contributed by atoms with Crippen molar-refractivity contribution in [3.05, 3.63) is 53.4 Å². The molecule has 0 unspecified atom stereocenters. The van der Waals surface area contributed by atoms with Gasteiger partial charge < -0.3 is 19.2 Å². The summed E-state index contributed by atoms with van der Waals surface area (Å²) < 4.78 is 10.3. The van der Waals surface area contributed by atoms with Gasteiger partial charge >= 0.3 is 0 Å². The van der Waals surface area contributed by atoms with Crippen molar-refractivity contribution in [1.82, 2.24) is 24.1 Å².